The van der Waals surface area contributed by atoms with Crippen LogP contribution in [0.2, 0.25) is 0 Å². The van der Waals surface area contributed by atoms with Gasteiger partial charge in [-0.1, -0.05) is 54.6 Å². The molecule has 1 amide bonds. The lowest BCUT2D eigenvalue weighted by Gasteiger charge is -2.11. The summed E-state index contributed by atoms with van der Waals surface area (Å²) in [7, 11) is 1.40. The van der Waals surface area contributed by atoms with Crippen molar-refractivity contribution in [1.29, 1.82) is 0 Å². The molecule has 210 valence electrons. The number of nitrogens with one attached hydrogen (secondary N) is 2. The Kier molecular flexibility index (Phi) is 8.44. The largest absolute Gasteiger partial charge is 0.493 e. The summed E-state index contributed by atoms with van der Waals surface area (Å²) in [5, 5.41) is 5.02. The summed E-state index contributed by atoms with van der Waals surface area (Å²) in [6.07, 6.45) is 1.39. The Hall–Kier alpha value is -5.22. The topological polar surface area (TPSA) is 119 Å². The van der Waals surface area contributed by atoms with E-state index >= 15 is 0 Å². The van der Waals surface area contributed by atoms with Crippen LogP contribution in [-0.2, 0) is 4.79 Å². The number of benzene rings is 4. The van der Waals surface area contributed by atoms with Crippen LogP contribution in [0.25, 0.3) is 22.0 Å². The van der Waals surface area contributed by atoms with Crippen molar-refractivity contribution < 1.29 is 28.6 Å². The number of ether oxygens (including phenoxy) is 3. The third-order valence-electron chi connectivity index (χ3n) is 6.22. The first-order chi connectivity index (χ1) is 20.4. The number of halogens is 1. The van der Waals surface area contributed by atoms with Gasteiger partial charge in [0.1, 0.15) is 11.4 Å². The number of carbonyl (C=O) groups excluding carboxylic acids is 3. The van der Waals surface area contributed by atoms with Crippen molar-refractivity contribution in [1.82, 2.24) is 10.4 Å². The predicted octanol–water partition coefficient (Wildman–Crippen LogP) is 6.51. The van der Waals surface area contributed by atoms with E-state index in [4.69, 9.17) is 14.2 Å². The first-order valence-electron chi connectivity index (χ1n) is 12.7. The van der Waals surface area contributed by atoms with Crippen LogP contribution >= 0.6 is 15.9 Å². The lowest BCUT2D eigenvalue weighted by Crippen LogP contribution is -2.19. The minimum Gasteiger partial charge on any atom is -0.493 e. The number of hydrogen-bond donors (Lipinski definition) is 2. The second-order valence-electron chi connectivity index (χ2n) is 8.99. The van der Waals surface area contributed by atoms with Crippen LogP contribution in [0.1, 0.15) is 33.3 Å². The molecule has 2 N–H and O–H groups in total. The van der Waals surface area contributed by atoms with E-state index in [1.165, 1.54) is 38.4 Å². The van der Waals surface area contributed by atoms with Gasteiger partial charge in [-0.2, -0.15) is 5.10 Å². The van der Waals surface area contributed by atoms with E-state index in [-0.39, 0.29) is 22.8 Å². The highest BCUT2D eigenvalue weighted by molar-refractivity contribution is 9.10. The van der Waals surface area contributed by atoms with Crippen molar-refractivity contribution in [2.45, 2.75) is 6.92 Å². The fourth-order valence-corrected chi connectivity index (χ4v) is 4.81. The highest BCUT2D eigenvalue weighted by Crippen LogP contribution is 2.35. The highest BCUT2D eigenvalue weighted by Gasteiger charge is 2.20. The van der Waals surface area contributed by atoms with Crippen LogP contribution in [0.15, 0.2) is 101 Å². The van der Waals surface area contributed by atoms with Crippen LogP contribution in [0.4, 0.5) is 0 Å². The van der Waals surface area contributed by atoms with Gasteiger partial charge in [0.15, 0.2) is 11.5 Å². The molecule has 0 fully saturated rings. The van der Waals surface area contributed by atoms with E-state index < -0.39 is 17.8 Å². The zero-order valence-electron chi connectivity index (χ0n) is 22.5. The number of hydrogen-bond acceptors (Lipinski definition) is 7. The highest BCUT2D eigenvalue weighted by atomic mass is 79.9. The van der Waals surface area contributed by atoms with Crippen LogP contribution in [-0.4, -0.2) is 36.2 Å². The molecule has 4 aromatic carbocycles. The van der Waals surface area contributed by atoms with Gasteiger partial charge in [-0.15, -0.1) is 0 Å². The average Bonchev–Trinajstić information content (AvgIpc) is 3.39. The molecule has 0 atom stereocenters. The van der Waals surface area contributed by atoms with E-state index in [0.717, 1.165) is 26.5 Å². The number of methoxy groups -OCH3 is 1. The first kappa shape index (κ1) is 28.3. The molecule has 1 aromatic heterocycles. The van der Waals surface area contributed by atoms with Crippen molar-refractivity contribution in [3.05, 3.63) is 112 Å². The number of esters is 2. The monoisotopic (exact) mass is 625 g/mol. The molecule has 42 heavy (non-hydrogen) atoms. The van der Waals surface area contributed by atoms with Crippen molar-refractivity contribution in [3.63, 3.8) is 0 Å². The molecule has 0 saturated carbocycles. The number of aromatic amines is 1. The van der Waals surface area contributed by atoms with Crippen LogP contribution < -0.4 is 19.6 Å². The van der Waals surface area contributed by atoms with E-state index in [0.29, 0.717) is 11.3 Å². The Morgan fingerprint density at radius 1 is 0.857 bits per heavy atom. The van der Waals surface area contributed by atoms with E-state index in [1.807, 2.05) is 48.5 Å². The normalized spacial score (nSPS) is 10.9. The Labute approximate surface area is 249 Å². The molecule has 10 heteroatoms. The third-order valence-corrected chi connectivity index (χ3v) is 6.88. The third kappa shape index (κ3) is 6.08. The summed E-state index contributed by atoms with van der Waals surface area (Å²) < 4.78 is 16.8. The number of hydrazone groups is 1. The maximum atomic E-state index is 13.3. The van der Waals surface area contributed by atoms with Gasteiger partial charge in [-0.3, -0.25) is 9.59 Å². The van der Waals surface area contributed by atoms with Gasteiger partial charge in [0, 0.05) is 27.9 Å². The quantitative estimate of drug-likeness (QED) is 0.0877. The lowest BCUT2D eigenvalue weighted by molar-refractivity contribution is -0.132. The predicted molar refractivity (Wildman–Crippen MR) is 162 cm³/mol. The zero-order valence-corrected chi connectivity index (χ0v) is 24.1. The number of amides is 1. The second kappa shape index (κ2) is 12.5. The zero-order chi connectivity index (χ0) is 29.6. The molecule has 0 radical (unpaired) electrons. The molecular weight excluding hydrogens is 602 g/mol. The molecule has 0 aliphatic carbocycles. The summed E-state index contributed by atoms with van der Waals surface area (Å²) >= 11 is 3.55. The molecule has 0 aliphatic rings. The van der Waals surface area contributed by atoms with Gasteiger partial charge in [-0.25, -0.2) is 10.2 Å². The summed E-state index contributed by atoms with van der Waals surface area (Å²) in [5.74, 6) is -1.01. The SMILES string of the molecule is COc1cc(C(=O)Oc2ccccc2C=NNC(=O)c2[nH]c3c(Br)cccc3c2-c2ccccc2)ccc1OC(C)=O. The van der Waals surface area contributed by atoms with Gasteiger partial charge in [0.25, 0.3) is 5.91 Å². The van der Waals surface area contributed by atoms with Crippen molar-refractivity contribution in [2.75, 3.05) is 7.11 Å². The summed E-state index contributed by atoms with van der Waals surface area (Å²) in [5.41, 5.74) is 5.99. The minimum absolute atomic E-state index is 0.182. The molecule has 0 spiro atoms. The maximum absolute atomic E-state index is 13.3. The Morgan fingerprint density at radius 2 is 1.62 bits per heavy atom. The fraction of sp³-hybridized carbons (Fsp3) is 0.0625. The van der Waals surface area contributed by atoms with Crippen molar-refractivity contribution in [3.8, 4) is 28.4 Å². The van der Waals surface area contributed by atoms with Gasteiger partial charge in [0.2, 0.25) is 0 Å². The van der Waals surface area contributed by atoms with Crippen molar-refractivity contribution >= 4 is 50.9 Å². The molecule has 5 aromatic rings. The van der Waals surface area contributed by atoms with Crippen LogP contribution in [0.5, 0.6) is 17.2 Å². The lowest BCUT2D eigenvalue weighted by atomic mass is 10.0. The fourth-order valence-electron chi connectivity index (χ4n) is 4.35. The minimum atomic E-state index is -0.663. The number of nitrogens with zero attached hydrogens (tertiary/aromatic N) is 1. The Morgan fingerprint density at radius 3 is 2.38 bits per heavy atom. The second-order valence-corrected chi connectivity index (χ2v) is 9.84. The number of para-hydroxylation sites is 2. The number of H-pyrrole nitrogens is 1. The molecule has 0 aliphatic heterocycles. The molecule has 1 heterocycles. The summed E-state index contributed by atoms with van der Waals surface area (Å²) in [6.45, 7) is 1.27. The van der Waals surface area contributed by atoms with Gasteiger partial charge in [0.05, 0.1) is 24.4 Å². The van der Waals surface area contributed by atoms with Crippen molar-refractivity contribution in [2.24, 2.45) is 5.10 Å². The molecule has 0 saturated heterocycles. The number of aromatic nitrogens is 1. The number of fused-ring (bicyclic) bond motifs is 1. The molecular formula is C32H24BrN3O6. The van der Waals surface area contributed by atoms with E-state index in [1.54, 1.807) is 24.3 Å². The number of rotatable bonds is 8. The number of carbonyl (C=O) groups is 3. The molecule has 9 nitrogen and oxygen atoms in total. The standard InChI is InChI=1S/C32H24BrN3O6/c1-19(37)41-26-16-15-21(17-27(26)40-2)32(39)42-25-14-7-6-11-22(25)18-34-36-31(38)30-28(20-9-4-3-5-10-20)23-12-8-13-24(33)29(23)35-30/h3-18,35H,1-2H3,(H,36,38). The Bertz CT molecular complexity index is 1830. The van der Waals surface area contributed by atoms with E-state index in [2.05, 4.69) is 31.4 Å². The first-order valence-corrected chi connectivity index (χ1v) is 13.5. The van der Waals surface area contributed by atoms with Crippen LogP contribution in [0, 0.1) is 0 Å². The molecule has 0 bridgehead atoms. The Balaban J connectivity index is 1.36. The van der Waals surface area contributed by atoms with Gasteiger partial charge < -0.3 is 19.2 Å². The van der Waals surface area contributed by atoms with Crippen LogP contribution in [0.3, 0.4) is 0 Å². The van der Waals surface area contributed by atoms with Gasteiger partial charge >= 0.3 is 11.9 Å². The summed E-state index contributed by atoms with van der Waals surface area (Å²) in [6, 6.07) is 26.5. The molecule has 5 rings (SSSR count). The van der Waals surface area contributed by atoms with Gasteiger partial charge in [-0.05, 0) is 57.9 Å². The molecule has 0 unspecified atom stereocenters. The summed E-state index contributed by atoms with van der Waals surface area (Å²) in [4.78, 5) is 40.8. The maximum Gasteiger partial charge on any atom is 0.343 e. The average molecular weight is 626 g/mol. The van der Waals surface area contributed by atoms with E-state index in [9.17, 15) is 14.4 Å². The smallest absolute Gasteiger partial charge is 0.343 e.